The number of phenolic OH excluding ortho intramolecular Hbond substituents is 1. The van der Waals surface area contributed by atoms with Crippen LogP contribution in [0.2, 0.25) is 0 Å². The molecule has 0 fully saturated rings. The van der Waals surface area contributed by atoms with Gasteiger partial charge in [0.05, 0.1) is 0 Å². The molecular weight excluding hydrogens is 344 g/mol. The zero-order chi connectivity index (χ0) is 18.7. The van der Waals surface area contributed by atoms with Crippen molar-refractivity contribution in [2.75, 3.05) is 6.54 Å². The highest BCUT2D eigenvalue weighted by Gasteiger charge is 2.13. The maximum Gasteiger partial charge on any atom is 0.349 e. The topological polar surface area (TPSA) is 79.5 Å². The number of amides is 1. The number of rotatable bonds is 5. The molecule has 26 heavy (non-hydrogen) atoms. The van der Waals surface area contributed by atoms with Crippen molar-refractivity contribution in [3.63, 3.8) is 0 Å². The van der Waals surface area contributed by atoms with Gasteiger partial charge in [-0.25, -0.2) is 13.6 Å². The maximum atomic E-state index is 13.1. The van der Waals surface area contributed by atoms with E-state index in [1.165, 1.54) is 30.3 Å². The lowest BCUT2D eigenvalue weighted by molar-refractivity contribution is 0.0949. The van der Waals surface area contributed by atoms with E-state index >= 15 is 0 Å². The molecule has 0 spiro atoms. The number of nitrogens with one attached hydrogen (secondary N) is 1. The third-order valence-corrected chi connectivity index (χ3v) is 3.88. The van der Waals surface area contributed by atoms with Crippen LogP contribution in [0.5, 0.6) is 5.75 Å². The summed E-state index contributed by atoms with van der Waals surface area (Å²) in [6.45, 7) is 0.255. The molecule has 2 aromatic carbocycles. The van der Waals surface area contributed by atoms with Gasteiger partial charge in [0.25, 0.3) is 5.91 Å². The van der Waals surface area contributed by atoms with Gasteiger partial charge in [-0.2, -0.15) is 0 Å². The molecule has 0 aliphatic rings. The highest BCUT2D eigenvalue weighted by molar-refractivity contribution is 5.96. The molecule has 134 valence electrons. The van der Waals surface area contributed by atoms with Crippen LogP contribution in [0, 0.1) is 11.6 Å². The molecule has 0 bridgehead atoms. The molecular formula is C19H15F2NO4. The molecule has 0 unspecified atom stereocenters. The zero-order valence-corrected chi connectivity index (χ0v) is 13.6. The van der Waals surface area contributed by atoms with Crippen LogP contribution in [-0.4, -0.2) is 17.6 Å². The van der Waals surface area contributed by atoms with Crippen molar-refractivity contribution in [1.82, 2.24) is 5.32 Å². The number of halogens is 2. The third kappa shape index (κ3) is 3.88. The number of carbonyl (C=O) groups is 1. The van der Waals surface area contributed by atoms with Crippen LogP contribution in [0.4, 0.5) is 8.78 Å². The molecule has 0 atom stereocenters. The van der Waals surface area contributed by atoms with Gasteiger partial charge < -0.3 is 14.8 Å². The van der Waals surface area contributed by atoms with E-state index in [0.717, 1.165) is 12.1 Å². The summed E-state index contributed by atoms with van der Waals surface area (Å²) in [6, 6.07) is 9.30. The normalized spacial score (nSPS) is 10.8. The van der Waals surface area contributed by atoms with Crippen molar-refractivity contribution < 1.29 is 23.1 Å². The number of aryl methyl sites for hydroxylation is 1. The largest absolute Gasteiger partial charge is 0.508 e. The smallest absolute Gasteiger partial charge is 0.349 e. The van der Waals surface area contributed by atoms with E-state index in [0.29, 0.717) is 23.8 Å². The Hall–Kier alpha value is -3.22. The first-order valence-corrected chi connectivity index (χ1v) is 7.93. The first-order valence-electron chi connectivity index (χ1n) is 7.93. The average Bonchev–Trinajstić information content (AvgIpc) is 2.60. The molecule has 0 saturated heterocycles. The summed E-state index contributed by atoms with van der Waals surface area (Å²) >= 11 is 0. The van der Waals surface area contributed by atoms with E-state index in [2.05, 4.69) is 5.32 Å². The van der Waals surface area contributed by atoms with Crippen molar-refractivity contribution in [3.8, 4) is 5.75 Å². The maximum absolute atomic E-state index is 13.1. The van der Waals surface area contributed by atoms with Crippen molar-refractivity contribution in [1.29, 1.82) is 0 Å². The Kier molecular flexibility index (Phi) is 4.97. The Labute approximate surface area is 146 Å². The average molecular weight is 359 g/mol. The van der Waals surface area contributed by atoms with Gasteiger partial charge >= 0.3 is 5.63 Å². The quantitative estimate of drug-likeness (QED) is 0.542. The molecule has 1 heterocycles. The van der Waals surface area contributed by atoms with Crippen molar-refractivity contribution in [2.24, 2.45) is 0 Å². The van der Waals surface area contributed by atoms with Crippen LogP contribution in [0.1, 0.15) is 22.3 Å². The molecule has 3 aromatic rings. The van der Waals surface area contributed by atoms with Crippen LogP contribution in [0.25, 0.3) is 11.0 Å². The minimum absolute atomic E-state index is 0.0462. The van der Waals surface area contributed by atoms with E-state index in [1.54, 1.807) is 0 Å². The van der Waals surface area contributed by atoms with E-state index in [1.807, 2.05) is 0 Å². The molecule has 1 aromatic heterocycles. The number of aromatic hydroxyl groups is 1. The highest BCUT2D eigenvalue weighted by atomic mass is 19.2. The van der Waals surface area contributed by atoms with Gasteiger partial charge in [0.15, 0.2) is 11.6 Å². The molecule has 3 rings (SSSR count). The van der Waals surface area contributed by atoms with Gasteiger partial charge in [0.2, 0.25) is 0 Å². The molecule has 0 aliphatic heterocycles. The number of phenols is 1. The second-order valence-corrected chi connectivity index (χ2v) is 5.78. The van der Waals surface area contributed by atoms with Gasteiger partial charge in [-0.3, -0.25) is 4.79 Å². The SMILES string of the molecule is O=C(NCCCc1ccc(F)c(F)c1)c1cc2ccc(O)cc2oc1=O. The minimum atomic E-state index is -0.911. The number of hydrogen-bond donors (Lipinski definition) is 2. The predicted molar refractivity (Wildman–Crippen MR) is 91.2 cm³/mol. The zero-order valence-electron chi connectivity index (χ0n) is 13.6. The fourth-order valence-electron chi connectivity index (χ4n) is 2.54. The first-order chi connectivity index (χ1) is 12.4. The highest BCUT2D eigenvalue weighted by Crippen LogP contribution is 2.19. The lowest BCUT2D eigenvalue weighted by Crippen LogP contribution is -2.29. The Balaban J connectivity index is 1.62. The van der Waals surface area contributed by atoms with Gasteiger partial charge in [0.1, 0.15) is 16.9 Å². The van der Waals surface area contributed by atoms with E-state index in [4.69, 9.17) is 4.42 Å². The molecule has 0 aliphatic carbocycles. The molecule has 1 amide bonds. The van der Waals surface area contributed by atoms with Gasteiger partial charge in [-0.05, 0) is 48.7 Å². The molecule has 7 heteroatoms. The Morgan fingerprint density at radius 1 is 1.08 bits per heavy atom. The standard InChI is InChI=1S/C19H15F2NO4/c20-15-6-3-11(8-16(15)21)2-1-7-22-18(24)14-9-12-4-5-13(23)10-17(12)26-19(14)25/h3-6,8-10,23H,1-2,7H2,(H,22,24). The molecule has 0 radical (unpaired) electrons. The van der Waals surface area contributed by atoms with Crippen molar-refractivity contribution in [3.05, 3.63) is 75.6 Å². The monoisotopic (exact) mass is 359 g/mol. The van der Waals surface area contributed by atoms with Crippen LogP contribution < -0.4 is 10.9 Å². The summed E-state index contributed by atoms with van der Waals surface area (Å²) in [7, 11) is 0. The fraction of sp³-hybridized carbons (Fsp3) is 0.158. The Bertz CT molecular complexity index is 1030. The Morgan fingerprint density at radius 2 is 1.88 bits per heavy atom. The second kappa shape index (κ2) is 7.35. The second-order valence-electron chi connectivity index (χ2n) is 5.78. The van der Waals surface area contributed by atoms with Gasteiger partial charge in [-0.15, -0.1) is 0 Å². The summed E-state index contributed by atoms with van der Waals surface area (Å²) in [5.74, 6) is -2.45. The predicted octanol–water partition coefficient (Wildman–Crippen LogP) is 3.14. The van der Waals surface area contributed by atoms with Gasteiger partial charge in [-0.1, -0.05) is 6.07 Å². The number of fused-ring (bicyclic) bond motifs is 1. The minimum Gasteiger partial charge on any atom is -0.508 e. The van der Waals surface area contributed by atoms with Crippen LogP contribution in [0.3, 0.4) is 0 Å². The van der Waals surface area contributed by atoms with E-state index in [-0.39, 0.29) is 23.4 Å². The van der Waals surface area contributed by atoms with Crippen molar-refractivity contribution >= 4 is 16.9 Å². The van der Waals surface area contributed by atoms with E-state index in [9.17, 15) is 23.5 Å². The summed E-state index contributed by atoms with van der Waals surface area (Å²) in [5.41, 5.74) is -0.148. The number of carbonyl (C=O) groups excluding carboxylic acids is 1. The van der Waals surface area contributed by atoms with Crippen LogP contribution >= 0.6 is 0 Å². The van der Waals surface area contributed by atoms with Crippen LogP contribution in [-0.2, 0) is 6.42 Å². The lowest BCUT2D eigenvalue weighted by Gasteiger charge is -2.06. The summed E-state index contributed by atoms with van der Waals surface area (Å²) < 4.78 is 31.0. The number of hydrogen-bond acceptors (Lipinski definition) is 4. The molecule has 5 nitrogen and oxygen atoms in total. The first kappa shape index (κ1) is 17.6. The van der Waals surface area contributed by atoms with Gasteiger partial charge in [0, 0.05) is 18.0 Å². The fourth-order valence-corrected chi connectivity index (χ4v) is 2.54. The summed E-state index contributed by atoms with van der Waals surface area (Å²) in [4.78, 5) is 24.1. The Morgan fingerprint density at radius 3 is 2.65 bits per heavy atom. The molecule has 2 N–H and O–H groups in total. The van der Waals surface area contributed by atoms with Crippen molar-refractivity contribution in [2.45, 2.75) is 12.8 Å². The molecule has 0 saturated carbocycles. The summed E-state index contributed by atoms with van der Waals surface area (Å²) in [6.07, 6.45) is 0.937. The van der Waals surface area contributed by atoms with Crippen LogP contribution in [0.15, 0.2) is 51.7 Å². The summed E-state index contributed by atoms with van der Waals surface area (Å²) in [5, 5.41) is 12.5. The number of benzene rings is 2. The lowest BCUT2D eigenvalue weighted by atomic mass is 10.1. The third-order valence-electron chi connectivity index (χ3n) is 3.88. The van der Waals surface area contributed by atoms with E-state index < -0.39 is 23.2 Å².